The Balaban J connectivity index is 2.06. The Labute approximate surface area is 56.8 Å². The van der Waals surface area contributed by atoms with Crippen molar-refractivity contribution < 1.29 is 0 Å². The molecule has 3 rings (SSSR count). The van der Waals surface area contributed by atoms with E-state index < -0.39 is 0 Å². The zero-order valence-electron chi connectivity index (χ0n) is 6.06. The first-order chi connectivity index (χ1) is 4.36. The molecule has 2 bridgehead atoms. The number of hydrogen-bond donors (Lipinski definition) is 1. The predicted octanol–water partition coefficient (Wildman–Crippen LogP) is 1.39. The van der Waals surface area contributed by atoms with E-state index in [1.54, 1.807) is 0 Å². The molecule has 0 aromatic carbocycles. The molecule has 2 heterocycles. The quantitative estimate of drug-likeness (QED) is 0.516. The van der Waals surface area contributed by atoms with E-state index in [0.717, 1.165) is 17.9 Å². The summed E-state index contributed by atoms with van der Waals surface area (Å²) in [6.07, 6.45) is 4.41. The SMILES string of the molecule is CC1CC2CCC1NC2. The number of hydrogen-bond acceptors (Lipinski definition) is 1. The van der Waals surface area contributed by atoms with E-state index in [0.29, 0.717) is 0 Å². The van der Waals surface area contributed by atoms with Crippen LogP contribution in [0.5, 0.6) is 0 Å². The standard InChI is InChI=1S/C8H15N/c1-6-4-7-2-3-8(6)9-5-7/h6-9H,2-5H2,1H3. The molecule has 1 saturated carbocycles. The molecular formula is C8H15N. The Morgan fingerprint density at radius 3 is 2.44 bits per heavy atom. The molecular weight excluding hydrogens is 110 g/mol. The lowest BCUT2D eigenvalue weighted by molar-refractivity contribution is 0.150. The van der Waals surface area contributed by atoms with Crippen molar-refractivity contribution in [3.05, 3.63) is 0 Å². The van der Waals surface area contributed by atoms with Gasteiger partial charge in [0, 0.05) is 6.04 Å². The van der Waals surface area contributed by atoms with Gasteiger partial charge in [0.25, 0.3) is 0 Å². The summed E-state index contributed by atoms with van der Waals surface area (Å²) in [7, 11) is 0. The molecule has 1 heteroatoms. The maximum atomic E-state index is 3.57. The first kappa shape index (κ1) is 5.72. The van der Waals surface area contributed by atoms with Gasteiger partial charge in [0.15, 0.2) is 0 Å². The number of piperidine rings is 2. The minimum Gasteiger partial charge on any atom is -0.313 e. The predicted molar refractivity (Wildman–Crippen MR) is 38.3 cm³/mol. The summed E-state index contributed by atoms with van der Waals surface area (Å²) in [5.41, 5.74) is 0. The average molecular weight is 125 g/mol. The van der Waals surface area contributed by atoms with E-state index in [4.69, 9.17) is 0 Å². The number of nitrogens with one attached hydrogen (secondary N) is 1. The van der Waals surface area contributed by atoms with Gasteiger partial charge in [-0.15, -0.1) is 0 Å². The van der Waals surface area contributed by atoms with Gasteiger partial charge in [-0.3, -0.25) is 0 Å². The maximum Gasteiger partial charge on any atom is 0.00930 e. The minimum absolute atomic E-state index is 0.870. The van der Waals surface area contributed by atoms with Gasteiger partial charge in [-0.05, 0) is 37.6 Å². The van der Waals surface area contributed by atoms with Crippen molar-refractivity contribution in [1.82, 2.24) is 5.32 Å². The summed E-state index contributed by atoms with van der Waals surface area (Å²) in [6.45, 7) is 3.68. The van der Waals surface area contributed by atoms with Crippen LogP contribution in [0.1, 0.15) is 26.2 Å². The van der Waals surface area contributed by atoms with Gasteiger partial charge in [-0.1, -0.05) is 6.92 Å². The third-order valence-corrected chi connectivity index (χ3v) is 2.95. The van der Waals surface area contributed by atoms with Crippen LogP contribution in [0.2, 0.25) is 0 Å². The fraction of sp³-hybridized carbons (Fsp3) is 1.00. The molecule has 52 valence electrons. The molecule has 1 N–H and O–H groups in total. The molecule has 1 nitrogen and oxygen atoms in total. The number of rotatable bonds is 0. The molecule has 3 fully saturated rings. The molecule has 0 aromatic rings. The van der Waals surface area contributed by atoms with E-state index in [9.17, 15) is 0 Å². The van der Waals surface area contributed by atoms with E-state index in [1.165, 1.54) is 25.8 Å². The van der Waals surface area contributed by atoms with Gasteiger partial charge < -0.3 is 5.32 Å². The largest absolute Gasteiger partial charge is 0.313 e. The van der Waals surface area contributed by atoms with Gasteiger partial charge in [0.05, 0.1) is 0 Å². The Hall–Kier alpha value is -0.0400. The topological polar surface area (TPSA) is 12.0 Å². The van der Waals surface area contributed by atoms with Crippen LogP contribution in [0.15, 0.2) is 0 Å². The molecule has 0 radical (unpaired) electrons. The van der Waals surface area contributed by atoms with Gasteiger partial charge >= 0.3 is 0 Å². The Morgan fingerprint density at radius 1 is 1.33 bits per heavy atom. The Kier molecular flexibility index (Phi) is 1.26. The van der Waals surface area contributed by atoms with E-state index in [1.807, 2.05) is 0 Å². The molecule has 3 aliphatic rings. The second-order valence-electron chi connectivity index (χ2n) is 3.67. The van der Waals surface area contributed by atoms with Gasteiger partial charge in [-0.2, -0.15) is 0 Å². The van der Waals surface area contributed by atoms with Crippen molar-refractivity contribution in [2.24, 2.45) is 11.8 Å². The van der Waals surface area contributed by atoms with Crippen LogP contribution in [0.3, 0.4) is 0 Å². The van der Waals surface area contributed by atoms with Crippen LogP contribution in [0.25, 0.3) is 0 Å². The fourth-order valence-corrected chi connectivity index (χ4v) is 2.31. The lowest BCUT2D eigenvalue weighted by Crippen LogP contribution is -2.49. The summed E-state index contributed by atoms with van der Waals surface area (Å²) >= 11 is 0. The molecule has 3 unspecified atom stereocenters. The molecule has 0 amide bonds. The highest BCUT2D eigenvalue weighted by Gasteiger charge is 2.31. The zero-order chi connectivity index (χ0) is 6.27. The normalized spacial score (nSPS) is 49.7. The lowest BCUT2D eigenvalue weighted by atomic mass is 9.75. The molecule has 2 saturated heterocycles. The lowest BCUT2D eigenvalue weighted by Gasteiger charge is -2.41. The third-order valence-electron chi connectivity index (χ3n) is 2.95. The highest BCUT2D eigenvalue weighted by atomic mass is 15.0. The van der Waals surface area contributed by atoms with Crippen LogP contribution in [0, 0.1) is 11.8 Å². The minimum atomic E-state index is 0.870. The van der Waals surface area contributed by atoms with Gasteiger partial charge in [-0.25, -0.2) is 0 Å². The van der Waals surface area contributed by atoms with Gasteiger partial charge in [0.1, 0.15) is 0 Å². The van der Waals surface area contributed by atoms with Crippen molar-refractivity contribution >= 4 is 0 Å². The van der Waals surface area contributed by atoms with Crippen LogP contribution >= 0.6 is 0 Å². The average Bonchev–Trinajstić information content (AvgIpc) is 1.90. The third kappa shape index (κ3) is 0.877. The highest BCUT2D eigenvalue weighted by molar-refractivity contribution is 4.88. The second-order valence-corrected chi connectivity index (χ2v) is 3.67. The highest BCUT2D eigenvalue weighted by Crippen LogP contribution is 2.32. The van der Waals surface area contributed by atoms with Crippen molar-refractivity contribution in [3.8, 4) is 0 Å². The van der Waals surface area contributed by atoms with Crippen LogP contribution in [-0.2, 0) is 0 Å². The summed E-state index contributed by atoms with van der Waals surface area (Å²) in [4.78, 5) is 0. The maximum absolute atomic E-state index is 3.57. The van der Waals surface area contributed by atoms with Crippen molar-refractivity contribution in [1.29, 1.82) is 0 Å². The van der Waals surface area contributed by atoms with Crippen molar-refractivity contribution in [3.63, 3.8) is 0 Å². The second kappa shape index (κ2) is 1.98. The summed E-state index contributed by atoms with van der Waals surface area (Å²) in [5.74, 6) is 1.97. The van der Waals surface area contributed by atoms with E-state index in [-0.39, 0.29) is 0 Å². The van der Waals surface area contributed by atoms with Crippen LogP contribution in [-0.4, -0.2) is 12.6 Å². The smallest absolute Gasteiger partial charge is 0.00930 e. The zero-order valence-corrected chi connectivity index (χ0v) is 6.06. The van der Waals surface area contributed by atoms with E-state index >= 15 is 0 Å². The molecule has 0 spiro atoms. The van der Waals surface area contributed by atoms with Crippen LogP contribution in [0.4, 0.5) is 0 Å². The molecule has 3 atom stereocenters. The summed E-state index contributed by atoms with van der Waals surface area (Å²) < 4.78 is 0. The monoisotopic (exact) mass is 125 g/mol. The van der Waals surface area contributed by atoms with Gasteiger partial charge in [0.2, 0.25) is 0 Å². The van der Waals surface area contributed by atoms with Crippen molar-refractivity contribution in [2.45, 2.75) is 32.2 Å². The summed E-state index contributed by atoms with van der Waals surface area (Å²) in [6, 6.07) is 0.870. The molecule has 0 aromatic heterocycles. The fourth-order valence-electron chi connectivity index (χ4n) is 2.31. The van der Waals surface area contributed by atoms with Crippen LogP contribution < -0.4 is 5.32 Å². The first-order valence-corrected chi connectivity index (χ1v) is 4.09. The molecule has 1 aliphatic carbocycles. The number of fused-ring (bicyclic) bond motifs is 3. The molecule has 9 heavy (non-hydrogen) atoms. The van der Waals surface area contributed by atoms with Crippen molar-refractivity contribution in [2.75, 3.05) is 6.54 Å². The Bertz CT molecular complexity index is 103. The Morgan fingerprint density at radius 2 is 2.22 bits per heavy atom. The molecule has 2 aliphatic heterocycles. The first-order valence-electron chi connectivity index (χ1n) is 4.09. The summed E-state index contributed by atoms with van der Waals surface area (Å²) in [5, 5.41) is 3.57. The van der Waals surface area contributed by atoms with E-state index in [2.05, 4.69) is 12.2 Å².